The van der Waals surface area contributed by atoms with Gasteiger partial charge in [0.25, 0.3) is 0 Å². The number of alkyl halides is 1. The van der Waals surface area contributed by atoms with Gasteiger partial charge in [-0.3, -0.25) is 0 Å². The standard InChI is InChI=1S/C9H15FO2/c1-5(2)6-3-11-9-7(10)4-12-8(6)9/h5-9H,3-4H2,1-2H3/t6-,7+,8+,9+/m0/s1. The summed E-state index contributed by atoms with van der Waals surface area (Å²) in [4.78, 5) is 0. The number of hydrogen-bond donors (Lipinski definition) is 0. The molecule has 0 spiro atoms. The van der Waals surface area contributed by atoms with Crippen LogP contribution in [0.25, 0.3) is 0 Å². The number of rotatable bonds is 1. The third-order valence-electron chi connectivity index (χ3n) is 2.89. The molecule has 0 N–H and O–H groups in total. The summed E-state index contributed by atoms with van der Waals surface area (Å²) in [7, 11) is 0. The summed E-state index contributed by atoms with van der Waals surface area (Å²) in [5.74, 6) is 0.904. The molecule has 12 heavy (non-hydrogen) atoms. The first-order chi connectivity index (χ1) is 5.70. The molecule has 0 aromatic rings. The minimum atomic E-state index is -0.904. The molecule has 3 heteroatoms. The van der Waals surface area contributed by atoms with Crippen molar-refractivity contribution in [2.24, 2.45) is 11.8 Å². The molecular weight excluding hydrogens is 159 g/mol. The van der Waals surface area contributed by atoms with E-state index in [-0.39, 0.29) is 18.8 Å². The van der Waals surface area contributed by atoms with Gasteiger partial charge in [0, 0.05) is 5.92 Å². The van der Waals surface area contributed by atoms with E-state index in [0.29, 0.717) is 18.4 Å². The van der Waals surface area contributed by atoms with Gasteiger partial charge in [-0.05, 0) is 5.92 Å². The maximum Gasteiger partial charge on any atom is 0.152 e. The van der Waals surface area contributed by atoms with E-state index in [1.54, 1.807) is 0 Å². The van der Waals surface area contributed by atoms with Crippen LogP contribution in [0.5, 0.6) is 0 Å². The molecule has 2 nitrogen and oxygen atoms in total. The lowest BCUT2D eigenvalue weighted by molar-refractivity contribution is 0.0534. The summed E-state index contributed by atoms with van der Waals surface area (Å²) >= 11 is 0. The SMILES string of the molecule is CC(C)[C@@H]1CO[C@H]2[C@@H]1OC[C@H]2F. The van der Waals surface area contributed by atoms with Crippen molar-refractivity contribution < 1.29 is 13.9 Å². The zero-order valence-electron chi connectivity index (χ0n) is 7.50. The van der Waals surface area contributed by atoms with E-state index in [0.717, 1.165) is 0 Å². The van der Waals surface area contributed by atoms with Crippen LogP contribution >= 0.6 is 0 Å². The van der Waals surface area contributed by atoms with E-state index in [1.807, 2.05) is 0 Å². The highest BCUT2D eigenvalue weighted by atomic mass is 19.1. The van der Waals surface area contributed by atoms with Crippen molar-refractivity contribution in [1.82, 2.24) is 0 Å². The first kappa shape index (κ1) is 8.45. The number of ether oxygens (including phenoxy) is 2. The topological polar surface area (TPSA) is 18.5 Å². The van der Waals surface area contributed by atoms with Crippen molar-refractivity contribution >= 4 is 0 Å². The highest BCUT2D eigenvalue weighted by Crippen LogP contribution is 2.36. The third-order valence-corrected chi connectivity index (χ3v) is 2.89. The molecule has 0 bridgehead atoms. The summed E-state index contributed by atoms with van der Waals surface area (Å²) in [6.07, 6.45) is -1.17. The van der Waals surface area contributed by atoms with Crippen LogP contribution in [0.1, 0.15) is 13.8 Å². The van der Waals surface area contributed by atoms with Crippen molar-refractivity contribution in [3.05, 3.63) is 0 Å². The third kappa shape index (κ3) is 1.15. The molecule has 2 aliphatic heterocycles. The molecule has 2 fully saturated rings. The first-order valence-corrected chi connectivity index (χ1v) is 4.57. The van der Waals surface area contributed by atoms with Gasteiger partial charge in [-0.25, -0.2) is 4.39 Å². The summed E-state index contributed by atoms with van der Waals surface area (Å²) < 4.78 is 23.8. The quantitative estimate of drug-likeness (QED) is 0.598. The largest absolute Gasteiger partial charge is 0.372 e. The molecule has 0 amide bonds. The van der Waals surface area contributed by atoms with E-state index in [1.165, 1.54) is 0 Å². The zero-order chi connectivity index (χ0) is 8.72. The second-order valence-electron chi connectivity index (χ2n) is 4.02. The van der Waals surface area contributed by atoms with E-state index in [2.05, 4.69) is 13.8 Å². The Morgan fingerprint density at radius 1 is 1.17 bits per heavy atom. The minimum Gasteiger partial charge on any atom is -0.372 e. The smallest absolute Gasteiger partial charge is 0.152 e. The molecular formula is C9H15FO2. The van der Waals surface area contributed by atoms with Crippen LogP contribution in [-0.4, -0.2) is 31.6 Å². The Kier molecular flexibility index (Phi) is 2.09. The van der Waals surface area contributed by atoms with E-state index in [9.17, 15) is 4.39 Å². The van der Waals surface area contributed by atoms with Crippen LogP contribution in [0.4, 0.5) is 4.39 Å². The van der Waals surface area contributed by atoms with Gasteiger partial charge >= 0.3 is 0 Å². The van der Waals surface area contributed by atoms with Crippen LogP contribution in [0, 0.1) is 11.8 Å². The lowest BCUT2D eigenvalue weighted by Gasteiger charge is -2.18. The van der Waals surface area contributed by atoms with Crippen LogP contribution in [0.2, 0.25) is 0 Å². The number of fused-ring (bicyclic) bond motifs is 1. The Morgan fingerprint density at radius 2 is 1.83 bits per heavy atom. The van der Waals surface area contributed by atoms with Gasteiger partial charge in [0.2, 0.25) is 0 Å². The maximum atomic E-state index is 13.1. The molecule has 4 atom stereocenters. The normalized spacial score (nSPS) is 47.0. The molecule has 0 unspecified atom stereocenters. The molecule has 0 aliphatic carbocycles. The van der Waals surface area contributed by atoms with Gasteiger partial charge in [0.05, 0.1) is 19.3 Å². The maximum absolute atomic E-state index is 13.1. The lowest BCUT2D eigenvalue weighted by Crippen LogP contribution is -2.28. The molecule has 0 aromatic carbocycles. The van der Waals surface area contributed by atoms with Crippen LogP contribution < -0.4 is 0 Å². The van der Waals surface area contributed by atoms with Crippen molar-refractivity contribution in [1.29, 1.82) is 0 Å². The average Bonchev–Trinajstić information content (AvgIpc) is 2.53. The van der Waals surface area contributed by atoms with Gasteiger partial charge in [-0.15, -0.1) is 0 Å². The zero-order valence-corrected chi connectivity index (χ0v) is 7.50. The minimum absolute atomic E-state index is 0.0139. The summed E-state index contributed by atoms with van der Waals surface area (Å²) in [6.45, 7) is 5.14. The summed E-state index contributed by atoms with van der Waals surface area (Å²) in [6, 6.07) is 0. The Bertz CT molecular complexity index is 172. The van der Waals surface area contributed by atoms with Crippen molar-refractivity contribution in [3.63, 3.8) is 0 Å². The molecule has 2 saturated heterocycles. The second-order valence-corrected chi connectivity index (χ2v) is 4.02. The Morgan fingerprint density at radius 3 is 2.50 bits per heavy atom. The summed E-state index contributed by atoms with van der Waals surface area (Å²) in [5, 5.41) is 0. The molecule has 2 rings (SSSR count). The predicted octanol–water partition coefficient (Wildman–Crippen LogP) is 1.39. The van der Waals surface area contributed by atoms with Crippen LogP contribution in [-0.2, 0) is 9.47 Å². The van der Waals surface area contributed by atoms with Crippen LogP contribution in [0.15, 0.2) is 0 Å². The highest BCUT2D eigenvalue weighted by molar-refractivity contribution is 4.94. The molecule has 0 radical (unpaired) electrons. The van der Waals surface area contributed by atoms with Gasteiger partial charge in [0.1, 0.15) is 6.10 Å². The summed E-state index contributed by atoms with van der Waals surface area (Å²) in [5.41, 5.74) is 0. The second kappa shape index (κ2) is 2.96. The van der Waals surface area contributed by atoms with Gasteiger partial charge in [-0.1, -0.05) is 13.8 Å². The molecule has 2 heterocycles. The van der Waals surface area contributed by atoms with Crippen molar-refractivity contribution in [3.8, 4) is 0 Å². The first-order valence-electron chi connectivity index (χ1n) is 4.57. The van der Waals surface area contributed by atoms with Crippen LogP contribution in [0.3, 0.4) is 0 Å². The molecule has 0 saturated carbocycles. The monoisotopic (exact) mass is 174 g/mol. The molecule has 70 valence electrons. The van der Waals surface area contributed by atoms with E-state index >= 15 is 0 Å². The fraction of sp³-hybridized carbons (Fsp3) is 1.00. The average molecular weight is 174 g/mol. The molecule has 0 aromatic heterocycles. The van der Waals surface area contributed by atoms with Gasteiger partial charge in [-0.2, -0.15) is 0 Å². The van der Waals surface area contributed by atoms with E-state index < -0.39 is 6.17 Å². The Balaban J connectivity index is 2.05. The lowest BCUT2D eigenvalue weighted by atomic mass is 9.91. The number of halogens is 1. The van der Waals surface area contributed by atoms with Crippen molar-refractivity contribution in [2.45, 2.75) is 32.2 Å². The van der Waals surface area contributed by atoms with Gasteiger partial charge < -0.3 is 9.47 Å². The molecule has 2 aliphatic rings. The Labute approximate surface area is 72.0 Å². The fourth-order valence-corrected chi connectivity index (χ4v) is 2.05. The van der Waals surface area contributed by atoms with Gasteiger partial charge in [0.15, 0.2) is 6.17 Å². The number of hydrogen-bond acceptors (Lipinski definition) is 2. The van der Waals surface area contributed by atoms with E-state index in [4.69, 9.17) is 9.47 Å². The van der Waals surface area contributed by atoms with Crippen molar-refractivity contribution in [2.75, 3.05) is 13.2 Å². The Hall–Kier alpha value is -0.150. The predicted molar refractivity (Wildman–Crippen MR) is 42.7 cm³/mol. The fourth-order valence-electron chi connectivity index (χ4n) is 2.05. The highest BCUT2D eigenvalue weighted by Gasteiger charge is 2.48.